The molecule has 9 heteroatoms. The molecule has 0 amide bonds. The molecule has 5 atom stereocenters. The molecule has 1 aliphatic rings. The van der Waals surface area contributed by atoms with Crippen LogP contribution in [0.1, 0.15) is 98.3 Å². The molecule has 190 valence electrons. The van der Waals surface area contributed by atoms with Crippen LogP contribution in [0.3, 0.4) is 0 Å². The van der Waals surface area contributed by atoms with Crippen LogP contribution in [-0.4, -0.2) is 72.9 Å². The van der Waals surface area contributed by atoms with Crippen molar-refractivity contribution in [2.75, 3.05) is 13.2 Å². The van der Waals surface area contributed by atoms with E-state index >= 15 is 0 Å². The van der Waals surface area contributed by atoms with E-state index < -0.39 is 39.1 Å². The molecule has 1 fully saturated rings. The fourth-order valence-electron chi connectivity index (χ4n) is 4.36. The van der Waals surface area contributed by atoms with Gasteiger partial charge < -0.3 is 9.47 Å². The molecular weight excluding hydrogens is 455 g/mol. The number of carbonyl (C=O) groups is 2. The number of hydrogen-bond acceptors (Lipinski definition) is 6. The minimum absolute atomic E-state index is 0. The molecule has 7 nitrogen and oxygen atoms in total. The first-order valence-corrected chi connectivity index (χ1v) is 14.0. The number of rotatable bonds is 15. The Balaban J connectivity index is 0.0000102. The fraction of sp³-hybridized carbons (Fsp3) is 0.917. The molecule has 0 bridgehead atoms. The van der Waals surface area contributed by atoms with E-state index in [1.807, 2.05) is 6.92 Å². The van der Waals surface area contributed by atoms with Crippen molar-refractivity contribution in [2.45, 2.75) is 104 Å². The number of carbonyl (C=O) groups excluding carboxylic acids is 2. The molecule has 33 heavy (non-hydrogen) atoms. The van der Waals surface area contributed by atoms with Crippen LogP contribution in [0.15, 0.2) is 0 Å². The summed E-state index contributed by atoms with van der Waals surface area (Å²) < 4.78 is 44.0. The quantitative estimate of drug-likeness (QED) is 0.200. The van der Waals surface area contributed by atoms with Gasteiger partial charge in [0.25, 0.3) is 10.1 Å². The molecule has 0 aromatic carbocycles. The van der Waals surface area contributed by atoms with Gasteiger partial charge in [-0.05, 0) is 43.9 Å². The van der Waals surface area contributed by atoms with Crippen LogP contribution in [0.2, 0.25) is 0 Å². The summed E-state index contributed by atoms with van der Waals surface area (Å²) in [6.45, 7) is 8.91. The van der Waals surface area contributed by atoms with Crippen molar-refractivity contribution in [3.8, 4) is 0 Å². The molecule has 0 heterocycles. The normalized spacial score (nSPS) is 22.6. The van der Waals surface area contributed by atoms with Gasteiger partial charge >= 0.3 is 41.5 Å². The topological polar surface area (TPSA) is 107 Å². The molecule has 0 saturated heterocycles. The van der Waals surface area contributed by atoms with Crippen molar-refractivity contribution in [2.24, 2.45) is 23.7 Å². The van der Waals surface area contributed by atoms with Crippen LogP contribution in [0.25, 0.3) is 0 Å². The molecule has 1 saturated carbocycles. The van der Waals surface area contributed by atoms with E-state index in [0.29, 0.717) is 6.61 Å². The predicted molar refractivity (Wildman–Crippen MR) is 132 cm³/mol. The summed E-state index contributed by atoms with van der Waals surface area (Å²) in [4.78, 5) is 25.8. The number of esters is 2. The second-order valence-electron chi connectivity index (χ2n) is 9.26. The maximum absolute atomic E-state index is 12.9. The van der Waals surface area contributed by atoms with Gasteiger partial charge in [-0.25, -0.2) is 0 Å². The Morgan fingerprint density at radius 2 is 1.30 bits per heavy atom. The van der Waals surface area contributed by atoms with Gasteiger partial charge in [0.15, 0.2) is 0 Å². The summed E-state index contributed by atoms with van der Waals surface area (Å²) in [7, 11) is -4.29. The van der Waals surface area contributed by atoms with Crippen LogP contribution < -0.4 is 0 Å². The molecule has 1 aliphatic carbocycles. The van der Waals surface area contributed by atoms with Crippen molar-refractivity contribution >= 4 is 51.6 Å². The molecule has 5 unspecified atom stereocenters. The van der Waals surface area contributed by atoms with Crippen LogP contribution in [0.5, 0.6) is 0 Å². The average molecular weight is 501 g/mol. The van der Waals surface area contributed by atoms with Gasteiger partial charge in [-0.1, -0.05) is 66.2 Å². The monoisotopic (exact) mass is 500 g/mol. The SMILES string of the molecule is CCCCC(CC)COC(=O)C1CCC(S(=O)(=O)O)CC1C(=O)OCC(CC)CCCC.[NaH]. The second kappa shape index (κ2) is 17.3. The zero-order valence-corrected chi connectivity index (χ0v) is 21.2. The number of unbranched alkanes of at least 4 members (excludes halogenated alkanes) is 2. The van der Waals surface area contributed by atoms with E-state index in [9.17, 15) is 22.6 Å². The average Bonchev–Trinajstić information content (AvgIpc) is 2.77. The van der Waals surface area contributed by atoms with Crippen LogP contribution in [0, 0.1) is 23.7 Å². The van der Waals surface area contributed by atoms with Gasteiger partial charge in [-0.2, -0.15) is 8.42 Å². The Kier molecular flexibility index (Phi) is 17.2. The van der Waals surface area contributed by atoms with E-state index in [2.05, 4.69) is 20.8 Å². The first-order valence-electron chi connectivity index (χ1n) is 12.5. The van der Waals surface area contributed by atoms with Crippen molar-refractivity contribution in [3.05, 3.63) is 0 Å². The Morgan fingerprint density at radius 3 is 1.70 bits per heavy atom. The minimum atomic E-state index is -4.29. The van der Waals surface area contributed by atoms with Crippen molar-refractivity contribution in [1.82, 2.24) is 0 Å². The Hall–Kier alpha value is -0.150. The summed E-state index contributed by atoms with van der Waals surface area (Å²) in [5, 5.41) is -1.06. The predicted octanol–water partition coefficient (Wildman–Crippen LogP) is 4.53. The third-order valence-corrected chi connectivity index (χ3v) is 8.11. The molecule has 1 rings (SSSR count). The summed E-state index contributed by atoms with van der Waals surface area (Å²) in [5.74, 6) is -2.15. The second-order valence-corrected chi connectivity index (χ2v) is 11.0. The third-order valence-electron chi connectivity index (χ3n) is 6.84. The van der Waals surface area contributed by atoms with Gasteiger partial charge in [0, 0.05) is 0 Å². The Labute approximate surface area is 223 Å². The molecule has 0 radical (unpaired) electrons. The zero-order valence-electron chi connectivity index (χ0n) is 20.4. The Bertz CT molecular complexity index is 668. The van der Waals surface area contributed by atoms with E-state index in [1.54, 1.807) is 0 Å². The van der Waals surface area contributed by atoms with Crippen molar-refractivity contribution in [3.63, 3.8) is 0 Å². The fourth-order valence-corrected chi connectivity index (χ4v) is 5.24. The number of hydrogen-bond donors (Lipinski definition) is 1. The summed E-state index contributed by atoms with van der Waals surface area (Å²) in [6, 6.07) is 0. The summed E-state index contributed by atoms with van der Waals surface area (Å²) in [6.07, 6.45) is 8.19. The van der Waals surface area contributed by atoms with Gasteiger partial charge in [-0.3, -0.25) is 14.1 Å². The van der Waals surface area contributed by atoms with Gasteiger partial charge in [-0.15, -0.1) is 0 Å². The van der Waals surface area contributed by atoms with Crippen LogP contribution in [-0.2, 0) is 29.2 Å². The molecule has 0 spiro atoms. The molecule has 0 aromatic rings. The molecule has 1 N–H and O–H groups in total. The maximum atomic E-state index is 12.9. The third kappa shape index (κ3) is 11.9. The van der Waals surface area contributed by atoms with E-state index in [0.717, 1.165) is 51.4 Å². The standard InChI is InChI=1S/C24H44O7S.Na.H/c1-5-9-11-18(7-3)16-30-23(25)21-14-13-20(32(27,28)29)15-22(21)24(26)31-17-19(8-4)12-10-6-2;;/h18-22H,5-17H2,1-4H3,(H,27,28,29);;. The first-order chi connectivity index (χ1) is 15.2. The van der Waals surface area contributed by atoms with Crippen molar-refractivity contribution in [1.29, 1.82) is 0 Å². The zero-order chi connectivity index (χ0) is 24.1. The van der Waals surface area contributed by atoms with E-state index in [1.165, 1.54) is 0 Å². The summed E-state index contributed by atoms with van der Waals surface area (Å²) in [5.41, 5.74) is 0. The van der Waals surface area contributed by atoms with Gasteiger partial charge in [0.1, 0.15) is 0 Å². The molecule has 0 aromatic heterocycles. The van der Waals surface area contributed by atoms with E-state index in [-0.39, 0.29) is 67.3 Å². The van der Waals surface area contributed by atoms with Gasteiger partial charge in [0.2, 0.25) is 0 Å². The van der Waals surface area contributed by atoms with Crippen LogP contribution >= 0.6 is 0 Å². The first kappa shape index (κ1) is 32.8. The van der Waals surface area contributed by atoms with E-state index in [4.69, 9.17) is 9.47 Å². The molecule has 0 aliphatic heterocycles. The summed E-state index contributed by atoms with van der Waals surface area (Å²) >= 11 is 0. The van der Waals surface area contributed by atoms with Crippen LogP contribution in [0.4, 0.5) is 0 Å². The number of ether oxygens (including phenoxy) is 2. The van der Waals surface area contributed by atoms with Gasteiger partial charge in [0.05, 0.1) is 30.3 Å². The molecular formula is C24H45NaO7S. The Morgan fingerprint density at radius 1 is 0.848 bits per heavy atom. The van der Waals surface area contributed by atoms with Crippen molar-refractivity contribution < 1.29 is 32.0 Å².